The van der Waals surface area contributed by atoms with Gasteiger partial charge < -0.3 is 15.4 Å². The van der Waals surface area contributed by atoms with Crippen molar-refractivity contribution in [1.29, 1.82) is 0 Å². The molecule has 150 valence electrons. The van der Waals surface area contributed by atoms with Crippen LogP contribution in [0, 0.1) is 0 Å². The van der Waals surface area contributed by atoms with Gasteiger partial charge in [-0.1, -0.05) is 41.5 Å². The number of nitrogens with one attached hydrogen (secondary N) is 2. The normalized spacial score (nSPS) is 11.0. The Balaban J connectivity index is 1.74. The molecule has 0 atom stereocenters. The summed E-state index contributed by atoms with van der Waals surface area (Å²) in [6.07, 6.45) is 3.33. The second-order valence-corrected chi connectivity index (χ2v) is 7.81. The molecule has 3 rings (SSSR count). The number of hydrogen-bond acceptors (Lipinski definition) is 5. The van der Waals surface area contributed by atoms with Gasteiger partial charge in [0, 0.05) is 28.8 Å². The number of halogens is 2. The summed E-state index contributed by atoms with van der Waals surface area (Å²) >= 11 is 13.5. The monoisotopic (exact) mass is 449 g/mol. The Morgan fingerprint density at radius 1 is 1.21 bits per heavy atom. The van der Waals surface area contributed by atoms with E-state index in [9.17, 15) is 9.59 Å². The van der Waals surface area contributed by atoms with Crippen LogP contribution in [0.4, 0.5) is 10.8 Å². The number of anilines is 2. The Hall–Kier alpha value is -2.61. The molecule has 2 aromatic carbocycles. The molecule has 2 amide bonds. The first-order valence-electron chi connectivity index (χ1n) is 8.62. The summed E-state index contributed by atoms with van der Waals surface area (Å²) in [4.78, 5) is 28.2. The summed E-state index contributed by atoms with van der Waals surface area (Å²) in [5, 5.41) is 6.86. The van der Waals surface area contributed by atoms with Gasteiger partial charge in [-0.3, -0.25) is 9.59 Å². The molecule has 1 heterocycles. The van der Waals surface area contributed by atoms with Crippen molar-refractivity contribution < 1.29 is 14.3 Å². The molecule has 0 radical (unpaired) electrons. The first-order valence-corrected chi connectivity index (χ1v) is 10.2. The maximum atomic E-state index is 12.3. The molecule has 9 heteroatoms. The van der Waals surface area contributed by atoms with Crippen LogP contribution in [0.25, 0.3) is 16.3 Å². The summed E-state index contributed by atoms with van der Waals surface area (Å²) in [6.45, 7) is 1.77. The standard InChI is InChI=1S/C20H17Cl2N3O3S/c1-3-17(26)25-20-24-15-6-5-13(10-16(15)29-20)23-18(27)7-4-11-8-12(21)9-14(22)19(11)28-2/h4-10H,3H2,1-2H3,(H,23,27)(H,24,25,26)/b7-4+. The number of carbonyl (C=O) groups is 2. The minimum Gasteiger partial charge on any atom is -0.495 e. The number of nitrogens with zero attached hydrogens (tertiary/aromatic N) is 1. The third kappa shape index (κ3) is 5.26. The SMILES string of the molecule is CCC(=O)Nc1nc2ccc(NC(=O)/C=C/c3cc(Cl)cc(Cl)c3OC)cc2s1. The lowest BCUT2D eigenvalue weighted by molar-refractivity contribution is -0.116. The van der Waals surface area contributed by atoms with Crippen LogP contribution in [0.1, 0.15) is 18.9 Å². The largest absolute Gasteiger partial charge is 0.495 e. The molecule has 0 bridgehead atoms. The van der Waals surface area contributed by atoms with Gasteiger partial charge in [0.15, 0.2) is 5.13 Å². The summed E-state index contributed by atoms with van der Waals surface area (Å²) in [5.41, 5.74) is 1.95. The van der Waals surface area contributed by atoms with Gasteiger partial charge in [0.2, 0.25) is 11.8 Å². The maximum absolute atomic E-state index is 12.3. The number of ether oxygens (including phenoxy) is 1. The molecule has 0 aliphatic rings. The van der Waals surface area contributed by atoms with Crippen LogP contribution in [0.2, 0.25) is 10.0 Å². The molecule has 2 N–H and O–H groups in total. The van der Waals surface area contributed by atoms with Crippen LogP contribution in [0.15, 0.2) is 36.4 Å². The van der Waals surface area contributed by atoms with Gasteiger partial charge >= 0.3 is 0 Å². The highest BCUT2D eigenvalue weighted by atomic mass is 35.5. The third-order valence-corrected chi connectivity index (χ3v) is 5.31. The zero-order valence-corrected chi connectivity index (χ0v) is 17.9. The molecule has 1 aromatic heterocycles. The number of benzene rings is 2. The Morgan fingerprint density at radius 3 is 2.72 bits per heavy atom. The maximum Gasteiger partial charge on any atom is 0.248 e. The minimum absolute atomic E-state index is 0.0979. The highest BCUT2D eigenvalue weighted by molar-refractivity contribution is 7.22. The van der Waals surface area contributed by atoms with Crippen molar-refractivity contribution in [2.45, 2.75) is 13.3 Å². The van der Waals surface area contributed by atoms with E-state index in [4.69, 9.17) is 27.9 Å². The van der Waals surface area contributed by atoms with E-state index in [-0.39, 0.29) is 11.8 Å². The summed E-state index contributed by atoms with van der Waals surface area (Å²) in [7, 11) is 1.49. The number of thiazole rings is 1. The van der Waals surface area contributed by atoms with E-state index in [2.05, 4.69) is 15.6 Å². The number of fused-ring (bicyclic) bond motifs is 1. The summed E-state index contributed by atoms with van der Waals surface area (Å²) in [6, 6.07) is 8.56. The molecule has 3 aromatic rings. The Kier molecular flexibility index (Phi) is 6.74. The first kappa shape index (κ1) is 21.1. The zero-order chi connectivity index (χ0) is 21.0. The van der Waals surface area contributed by atoms with Crippen LogP contribution in [-0.4, -0.2) is 23.9 Å². The number of amides is 2. The Bertz CT molecular complexity index is 1110. The molecular formula is C20H17Cl2N3O3S. The van der Waals surface area contributed by atoms with Crippen LogP contribution in [0.5, 0.6) is 5.75 Å². The van der Waals surface area contributed by atoms with Crippen molar-refractivity contribution >= 4 is 73.5 Å². The Morgan fingerprint density at radius 2 is 2.00 bits per heavy atom. The fraction of sp³-hybridized carbons (Fsp3) is 0.150. The van der Waals surface area contributed by atoms with Gasteiger partial charge in [0.25, 0.3) is 0 Å². The molecule has 29 heavy (non-hydrogen) atoms. The van der Waals surface area contributed by atoms with Gasteiger partial charge in [-0.05, 0) is 36.4 Å². The molecule has 0 spiro atoms. The molecule has 0 saturated heterocycles. The van der Waals surface area contributed by atoms with Crippen LogP contribution in [-0.2, 0) is 9.59 Å². The van der Waals surface area contributed by atoms with Crippen LogP contribution >= 0.6 is 34.5 Å². The quantitative estimate of drug-likeness (QED) is 0.479. The lowest BCUT2D eigenvalue weighted by Gasteiger charge is -2.08. The lowest BCUT2D eigenvalue weighted by Crippen LogP contribution is -2.08. The van der Waals surface area contributed by atoms with E-state index < -0.39 is 0 Å². The molecule has 6 nitrogen and oxygen atoms in total. The number of carbonyl (C=O) groups excluding carboxylic acids is 2. The van der Waals surface area contributed by atoms with Crippen molar-refractivity contribution in [1.82, 2.24) is 4.98 Å². The lowest BCUT2D eigenvalue weighted by atomic mass is 10.2. The molecular weight excluding hydrogens is 433 g/mol. The number of hydrogen-bond donors (Lipinski definition) is 2. The van der Waals surface area contributed by atoms with Gasteiger partial charge in [-0.2, -0.15) is 0 Å². The van der Waals surface area contributed by atoms with E-state index in [0.717, 1.165) is 10.2 Å². The van der Waals surface area contributed by atoms with E-state index in [1.807, 2.05) is 0 Å². The second-order valence-electron chi connectivity index (χ2n) is 5.94. The van der Waals surface area contributed by atoms with E-state index in [0.29, 0.717) is 38.6 Å². The topological polar surface area (TPSA) is 80.3 Å². The fourth-order valence-corrected chi connectivity index (χ4v) is 4.04. The minimum atomic E-state index is -0.327. The molecule has 0 saturated carbocycles. The fourth-order valence-electron chi connectivity index (χ4n) is 2.53. The number of methoxy groups -OCH3 is 1. The molecule has 0 aliphatic heterocycles. The third-order valence-electron chi connectivity index (χ3n) is 3.88. The second kappa shape index (κ2) is 9.26. The smallest absolute Gasteiger partial charge is 0.248 e. The predicted octanol–water partition coefficient (Wildman–Crippen LogP) is 5.61. The summed E-state index contributed by atoms with van der Waals surface area (Å²) < 4.78 is 6.11. The van der Waals surface area contributed by atoms with Gasteiger partial charge in [-0.25, -0.2) is 4.98 Å². The van der Waals surface area contributed by atoms with Crippen molar-refractivity contribution in [2.24, 2.45) is 0 Å². The predicted molar refractivity (Wildman–Crippen MR) is 119 cm³/mol. The number of aromatic nitrogens is 1. The molecule has 0 fully saturated rings. The molecule has 0 unspecified atom stereocenters. The van der Waals surface area contributed by atoms with Crippen molar-refractivity contribution in [3.05, 3.63) is 52.0 Å². The van der Waals surface area contributed by atoms with Crippen LogP contribution in [0.3, 0.4) is 0 Å². The van der Waals surface area contributed by atoms with Crippen molar-refractivity contribution in [2.75, 3.05) is 17.7 Å². The van der Waals surface area contributed by atoms with Crippen LogP contribution < -0.4 is 15.4 Å². The first-order chi connectivity index (χ1) is 13.9. The summed E-state index contributed by atoms with van der Waals surface area (Å²) in [5.74, 6) is 0.0126. The zero-order valence-electron chi connectivity index (χ0n) is 15.6. The number of rotatable bonds is 6. The van der Waals surface area contributed by atoms with Gasteiger partial charge in [0.05, 0.1) is 22.3 Å². The Labute approximate surface area is 181 Å². The van der Waals surface area contributed by atoms with E-state index >= 15 is 0 Å². The van der Waals surface area contributed by atoms with Crippen molar-refractivity contribution in [3.8, 4) is 5.75 Å². The van der Waals surface area contributed by atoms with E-state index in [1.165, 1.54) is 24.5 Å². The van der Waals surface area contributed by atoms with Crippen molar-refractivity contribution in [3.63, 3.8) is 0 Å². The van der Waals surface area contributed by atoms with Gasteiger partial charge in [-0.15, -0.1) is 0 Å². The average Bonchev–Trinajstić information content (AvgIpc) is 3.07. The average molecular weight is 450 g/mol. The van der Waals surface area contributed by atoms with E-state index in [1.54, 1.807) is 43.3 Å². The van der Waals surface area contributed by atoms with Gasteiger partial charge in [0.1, 0.15) is 5.75 Å². The highest BCUT2D eigenvalue weighted by Crippen LogP contribution is 2.33. The highest BCUT2D eigenvalue weighted by Gasteiger charge is 2.10. The molecule has 0 aliphatic carbocycles.